The van der Waals surface area contributed by atoms with E-state index in [1.807, 2.05) is 0 Å². The molecule has 1 nitrogen and oxygen atoms in total. The Labute approximate surface area is 106 Å². The second-order valence-corrected chi connectivity index (χ2v) is 3.84. The van der Waals surface area contributed by atoms with Crippen molar-refractivity contribution in [2.75, 3.05) is 0 Å². The molecule has 0 atom stereocenters. The number of hydrogen-bond acceptors (Lipinski definition) is 1. The molecule has 0 rings (SSSR count). The first-order valence-corrected chi connectivity index (χ1v) is 4.45. The normalized spacial score (nSPS) is 16.3. The van der Waals surface area contributed by atoms with E-state index in [0.717, 1.165) is 0 Å². The lowest BCUT2D eigenvalue weighted by molar-refractivity contribution is -0.407. The molecule has 0 heterocycles. The molecule has 0 aliphatic carbocycles. The van der Waals surface area contributed by atoms with Crippen molar-refractivity contribution in [3.05, 3.63) is 0 Å². The van der Waals surface area contributed by atoms with E-state index in [9.17, 15) is 57.1 Å². The van der Waals surface area contributed by atoms with Gasteiger partial charge in [-0.25, -0.2) is 0 Å². The lowest BCUT2D eigenvalue weighted by Gasteiger charge is -2.38. The molecular formula is C7H4F13N. The van der Waals surface area contributed by atoms with Gasteiger partial charge in [0.1, 0.15) is 6.42 Å². The van der Waals surface area contributed by atoms with Crippen molar-refractivity contribution >= 4 is 0 Å². The SMILES string of the molecule is NC(F)(F)C(F)(F)C(F)(F)C(F)(F)C(F)(F)CC(F)(F)F. The van der Waals surface area contributed by atoms with Crippen molar-refractivity contribution in [3.63, 3.8) is 0 Å². The van der Waals surface area contributed by atoms with Gasteiger partial charge in [0.25, 0.3) is 0 Å². The largest absolute Gasteiger partial charge is 0.395 e. The Morgan fingerprint density at radius 2 is 0.857 bits per heavy atom. The van der Waals surface area contributed by atoms with Crippen LogP contribution in [0.2, 0.25) is 0 Å². The Morgan fingerprint density at radius 3 is 1.10 bits per heavy atom. The van der Waals surface area contributed by atoms with Gasteiger partial charge in [-0.1, -0.05) is 0 Å². The number of nitrogens with two attached hydrogens (primary N) is 1. The summed E-state index contributed by atoms with van der Waals surface area (Å²) >= 11 is 0. The highest BCUT2D eigenvalue weighted by molar-refractivity contribution is 5.07. The lowest BCUT2D eigenvalue weighted by Crippen LogP contribution is -2.69. The van der Waals surface area contributed by atoms with Crippen LogP contribution in [0.25, 0.3) is 0 Å². The fourth-order valence-corrected chi connectivity index (χ4v) is 0.999. The summed E-state index contributed by atoms with van der Waals surface area (Å²) in [5, 5.41) is 0. The van der Waals surface area contributed by atoms with Gasteiger partial charge in [0.2, 0.25) is 0 Å². The molecule has 0 saturated carbocycles. The van der Waals surface area contributed by atoms with Crippen LogP contribution in [-0.2, 0) is 0 Å². The number of halogens is 13. The van der Waals surface area contributed by atoms with Gasteiger partial charge in [-0.2, -0.15) is 57.1 Å². The van der Waals surface area contributed by atoms with Crippen LogP contribution >= 0.6 is 0 Å². The first kappa shape index (κ1) is 20.1. The average Bonchev–Trinajstić information content (AvgIpc) is 2.10. The fraction of sp³-hybridized carbons (Fsp3) is 1.00. The molecule has 0 unspecified atom stereocenters. The zero-order chi connectivity index (χ0) is 17.7. The maximum Gasteiger partial charge on any atom is 0.395 e. The van der Waals surface area contributed by atoms with E-state index in [0.29, 0.717) is 0 Å². The van der Waals surface area contributed by atoms with Crippen LogP contribution in [0.3, 0.4) is 0 Å². The lowest BCUT2D eigenvalue weighted by atomic mass is 9.95. The average molecular weight is 349 g/mol. The van der Waals surface area contributed by atoms with Crippen LogP contribution in [0.5, 0.6) is 0 Å². The smallest absolute Gasteiger partial charge is 0.267 e. The van der Waals surface area contributed by atoms with Crippen molar-refractivity contribution < 1.29 is 57.1 Å². The van der Waals surface area contributed by atoms with Crippen molar-refractivity contribution in [2.24, 2.45) is 5.73 Å². The topological polar surface area (TPSA) is 26.0 Å². The molecule has 0 aromatic rings. The molecular weight excluding hydrogens is 345 g/mol. The van der Waals surface area contributed by atoms with E-state index >= 15 is 0 Å². The highest BCUT2D eigenvalue weighted by atomic mass is 19.4. The van der Waals surface area contributed by atoms with Gasteiger partial charge in [0, 0.05) is 0 Å². The van der Waals surface area contributed by atoms with E-state index < -0.39 is 42.3 Å². The zero-order valence-corrected chi connectivity index (χ0v) is 9.20. The van der Waals surface area contributed by atoms with Crippen molar-refractivity contribution in [3.8, 4) is 0 Å². The minimum atomic E-state index is -7.56. The van der Waals surface area contributed by atoms with Gasteiger partial charge < -0.3 is 0 Å². The summed E-state index contributed by atoms with van der Waals surface area (Å²) in [5.74, 6) is -29.0. The summed E-state index contributed by atoms with van der Waals surface area (Å²) in [7, 11) is 0. The monoisotopic (exact) mass is 349 g/mol. The Morgan fingerprint density at radius 1 is 0.524 bits per heavy atom. The minimum Gasteiger partial charge on any atom is -0.267 e. The van der Waals surface area contributed by atoms with E-state index in [1.165, 1.54) is 0 Å². The summed E-state index contributed by atoms with van der Waals surface area (Å²) < 4.78 is 159. The molecule has 0 saturated heterocycles. The van der Waals surface area contributed by atoms with Crippen LogP contribution in [0, 0.1) is 0 Å². The Balaban J connectivity index is 5.89. The predicted molar refractivity (Wildman–Crippen MR) is 39.6 cm³/mol. The number of rotatable bonds is 5. The van der Waals surface area contributed by atoms with E-state index in [2.05, 4.69) is 5.73 Å². The Kier molecular flexibility index (Phi) is 4.56. The van der Waals surface area contributed by atoms with Gasteiger partial charge in [-0.15, -0.1) is 0 Å². The van der Waals surface area contributed by atoms with Gasteiger partial charge in [0.15, 0.2) is 0 Å². The van der Waals surface area contributed by atoms with E-state index in [4.69, 9.17) is 0 Å². The van der Waals surface area contributed by atoms with Crippen molar-refractivity contribution in [1.82, 2.24) is 0 Å². The van der Waals surface area contributed by atoms with Crippen LogP contribution in [0.15, 0.2) is 0 Å². The molecule has 0 aromatic carbocycles. The maximum absolute atomic E-state index is 12.7. The first-order chi connectivity index (χ1) is 8.71. The van der Waals surface area contributed by atoms with E-state index in [1.54, 1.807) is 0 Å². The van der Waals surface area contributed by atoms with Crippen LogP contribution in [-0.4, -0.2) is 35.9 Å². The van der Waals surface area contributed by atoms with Gasteiger partial charge >= 0.3 is 35.9 Å². The highest BCUT2D eigenvalue weighted by Gasteiger charge is 2.86. The van der Waals surface area contributed by atoms with Crippen molar-refractivity contribution in [2.45, 2.75) is 42.3 Å². The van der Waals surface area contributed by atoms with Crippen LogP contribution < -0.4 is 5.73 Å². The minimum absolute atomic E-state index is 3.20. The van der Waals surface area contributed by atoms with Crippen LogP contribution in [0.1, 0.15) is 6.42 Å². The molecule has 0 aromatic heterocycles. The summed E-state index contributed by atoms with van der Waals surface area (Å²) in [5.41, 5.74) is 3.20. The summed E-state index contributed by atoms with van der Waals surface area (Å²) in [6, 6.07) is -6.39. The molecule has 128 valence electrons. The van der Waals surface area contributed by atoms with E-state index in [-0.39, 0.29) is 0 Å². The van der Waals surface area contributed by atoms with Crippen LogP contribution in [0.4, 0.5) is 57.1 Å². The third kappa shape index (κ3) is 3.29. The van der Waals surface area contributed by atoms with Gasteiger partial charge in [0.05, 0.1) is 0 Å². The van der Waals surface area contributed by atoms with Crippen molar-refractivity contribution in [1.29, 1.82) is 0 Å². The highest BCUT2D eigenvalue weighted by Crippen LogP contribution is 2.57. The molecule has 0 fully saturated rings. The number of hydrogen-bond donors (Lipinski definition) is 1. The molecule has 0 aliphatic rings. The summed E-state index contributed by atoms with van der Waals surface area (Å²) in [4.78, 5) is 0. The quantitative estimate of drug-likeness (QED) is 0.589. The second kappa shape index (κ2) is 4.78. The Hall–Kier alpha value is -0.950. The third-order valence-corrected chi connectivity index (χ3v) is 2.09. The fourth-order valence-electron chi connectivity index (χ4n) is 0.999. The molecule has 0 spiro atoms. The molecule has 0 bridgehead atoms. The zero-order valence-electron chi connectivity index (χ0n) is 9.20. The number of alkyl halides is 13. The molecule has 0 radical (unpaired) electrons. The molecule has 0 aliphatic heterocycles. The second-order valence-electron chi connectivity index (χ2n) is 3.84. The summed E-state index contributed by atoms with van der Waals surface area (Å²) in [6.07, 6.45) is -10.1. The Bertz CT molecular complexity index is 375. The molecule has 21 heavy (non-hydrogen) atoms. The first-order valence-electron chi connectivity index (χ1n) is 4.45. The van der Waals surface area contributed by atoms with Gasteiger partial charge in [-0.05, 0) is 0 Å². The summed E-state index contributed by atoms with van der Waals surface area (Å²) in [6.45, 7) is 0. The molecule has 0 amide bonds. The third-order valence-electron chi connectivity index (χ3n) is 2.09. The predicted octanol–water partition coefficient (Wildman–Crippen LogP) is 4.03. The molecule has 14 heteroatoms. The van der Waals surface area contributed by atoms with Gasteiger partial charge in [-0.3, -0.25) is 5.73 Å². The molecule has 2 N–H and O–H groups in total. The maximum atomic E-state index is 12.7. The standard InChI is InChI=1S/C7H4F13N/c8-2(9,1-3(10,11)12)4(13,14)5(15,16)6(17,18)7(19,20)21/h1,21H2.